The number of fused-ring (bicyclic) bond motifs is 1. The first-order valence-electron chi connectivity index (χ1n) is 9.25. The number of aromatic nitrogens is 2. The highest BCUT2D eigenvalue weighted by Crippen LogP contribution is 2.34. The van der Waals surface area contributed by atoms with Crippen LogP contribution in [0.5, 0.6) is 0 Å². The highest BCUT2D eigenvalue weighted by molar-refractivity contribution is 5.97. The number of benzene rings is 1. The molecule has 0 aliphatic carbocycles. The number of halogens is 3. The van der Waals surface area contributed by atoms with E-state index >= 15 is 0 Å². The van der Waals surface area contributed by atoms with Crippen LogP contribution in [0, 0.1) is 5.92 Å². The lowest BCUT2D eigenvalue weighted by Crippen LogP contribution is -2.42. The Bertz CT molecular complexity index is 826. The Balaban J connectivity index is 1.93. The molecule has 2 aromatic rings. The predicted octanol–water partition coefficient (Wildman–Crippen LogP) is 3.71. The van der Waals surface area contributed by atoms with Crippen LogP contribution in [0.1, 0.15) is 48.9 Å². The molecule has 1 fully saturated rings. The van der Waals surface area contributed by atoms with Gasteiger partial charge in [-0.05, 0) is 64.4 Å². The molecule has 0 spiro atoms. The van der Waals surface area contributed by atoms with Crippen molar-refractivity contribution in [3.05, 3.63) is 29.6 Å². The molecule has 1 saturated heterocycles. The molecule has 1 unspecified atom stereocenters. The smallest absolute Gasteiger partial charge is 0.338 e. The minimum Gasteiger partial charge on any atom is -0.338 e. The van der Waals surface area contributed by atoms with Gasteiger partial charge in [0.15, 0.2) is 0 Å². The minimum atomic E-state index is -4.54. The van der Waals surface area contributed by atoms with Crippen molar-refractivity contribution in [2.75, 3.05) is 26.7 Å². The summed E-state index contributed by atoms with van der Waals surface area (Å²) in [6.45, 7) is 5.55. The highest BCUT2D eigenvalue weighted by atomic mass is 19.4. The molecular formula is C19H25F3N4O. The molecule has 27 heavy (non-hydrogen) atoms. The zero-order valence-corrected chi connectivity index (χ0v) is 15.8. The van der Waals surface area contributed by atoms with Crippen molar-refractivity contribution in [3.8, 4) is 0 Å². The summed E-state index contributed by atoms with van der Waals surface area (Å²) in [6, 6.07) is 4.26. The predicted molar refractivity (Wildman–Crippen MR) is 97.7 cm³/mol. The Morgan fingerprint density at radius 2 is 2.11 bits per heavy atom. The van der Waals surface area contributed by atoms with Crippen LogP contribution < -0.4 is 5.32 Å². The number of imidazole rings is 1. The number of rotatable bonds is 4. The number of carbonyl (C=O) groups excluding carboxylic acids is 1. The Hall–Kier alpha value is -2.09. The van der Waals surface area contributed by atoms with Gasteiger partial charge in [-0.1, -0.05) is 0 Å². The first-order valence-corrected chi connectivity index (χ1v) is 9.25. The van der Waals surface area contributed by atoms with Crippen LogP contribution in [0.25, 0.3) is 11.0 Å². The van der Waals surface area contributed by atoms with Gasteiger partial charge in [0.25, 0.3) is 5.91 Å². The first kappa shape index (κ1) is 19.7. The maximum Gasteiger partial charge on any atom is 0.449 e. The van der Waals surface area contributed by atoms with Gasteiger partial charge in [-0.3, -0.25) is 4.79 Å². The molecule has 1 aromatic carbocycles. The van der Waals surface area contributed by atoms with E-state index in [0.29, 0.717) is 30.1 Å². The third kappa shape index (κ3) is 3.95. The summed E-state index contributed by atoms with van der Waals surface area (Å²) in [6.07, 6.45) is -2.54. The van der Waals surface area contributed by atoms with Gasteiger partial charge in [0.05, 0.1) is 11.0 Å². The number of nitrogens with one attached hydrogen (secondary N) is 1. The van der Waals surface area contributed by atoms with E-state index in [1.54, 1.807) is 30.9 Å². The van der Waals surface area contributed by atoms with Crippen molar-refractivity contribution in [1.82, 2.24) is 19.8 Å². The fraction of sp³-hybridized carbons (Fsp3) is 0.579. The first-order chi connectivity index (χ1) is 12.7. The van der Waals surface area contributed by atoms with Gasteiger partial charge < -0.3 is 14.8 Å². The number of amides is 1. The topological polar surface area (TPSA) is 50.2 Å². The molecule has 2 heterocycles. The Morgan fingerprint density at radius 1 is 1.37 bits per heavy atom. The molecule has 1 aliphatic heterocycles. The monoisotopic (exact) mass is 382 g/mol. The molecule has 0 radical (unpaired) electrons. The molecule has 1 amide bonds. The van der Waals surface area contributed by atoms with Crippen LogP contribution in [-0.4, -0.2) is 47.0 Å². The average Bonchev–Trinajstić information content (AvgIpc) is 3.01. The lowest BCUT2D eigenvalue weighted by atomic mass is 9.97. The number of nitrogens with zero attached hydrogens (tertiary/aromatic N) is 3. The number of piperidine rings is 1. The van der Waals surface area contributed by atoms with Gasteiger partial charge in [0, 0.05) is 24.7 Å². The van der Waals surface area contributed by atoms with Crippen molar-refractivity contribution in [2.45, 2.75) is 38.9 Å². The molecule has 0 saturated carbocycles. The van der Waals surface area contributed by atoms with Gasteiger partial charge in [-0.15, -0.1) is 0 Å². The van der Waals surface area contributed by atoms with E-state index in [1.807, 2.05) is 7.05 Å². The molecule has 1 aromatic heterocycles. The summed E-state index contributed by atoms with van der Waals surface area (Å²) < 4.78 is 41.2. The largest absolute Gasteiger partial charge is 0.449 e. The van der Waals surface area contributed by atoms with Crippen molar-refractivity contribution in [3.63, 3.8) is 0 Å². The van der Waals surface area contributed by atoms with E-state index in [9.17, 15) is 18.0 Å². The number of likely N-dealkylation sites (tertiary alicyclic amines) is 1. The Morgan fingerprint density at radius 3 is 2.74 bits per heavy atom. The minimum absolute atomic E-state index is 0.148. The number of carbonyl (C=O) groups is 1. The second kappa shape index (κ2) is 7.50. The number of hydrogen-bond acceptors (Lipinski definition) is 3. The van der Waals surface area contributed by atoms with E-state index in [-0.39, 0.29) is 11.4 Å². The van der Waals surface area contributed by atoms with Crippen molar-refractivity contribution < 1.29 is 18.0 Å². The van der Waals surface area contributed by atoms with E-state index in [4.69, 9.17) is 0 Å². The van der Waals surface area contributed by atoms with E-state index in [0.717, 1.165) is 19.4 Å². The number of alkyl halides is 3. The average molecular weight is 382 g/mol. The second-order valence-corrected chi connectivity index (χ2v) is 7.42. The summed E-state index contributed by atoms with van der Waals surface area (Å²) in [7, 11) is 1.89. The quantitative estimate of drug-likeness (QED) is 0.877. The SMILES string of the molecule is CNCC1CCCN(C(=O)c2ccc3c(c2)nc(C(F)(F)F)n3C(C)C)C1. The second-order valence-electron chi connectivity index (χ2n) is 7.42. The summed E-state index contributed by atoms with van der Waals surface area (Å²) in [4.78, 5) is 18.4. The van der Waals surface area contributed by atoms with Gasteiger partial charge in [0.1, 0.15) is 0 Å². The molecule has 1 N–H and O–H groups in total. The lowest BCUT2D eigenvalue weighted by molar-refractivity contribution is -0.147. The molecule has 8 heteroatoms. The lowest BCUT2D eigenvalue weighted by Gasteiger charge is -2.32. The standard InChI is InChI=1S/C19H25F3N4O/c1-12(2)26-16-7-6-14(9-15(16)24-18(26)19(20,21)22)17(27)25-8-4-5-13(11-25)10-23-3/h6-7,9,12-13,23H,4-5,8,10-11H2,1-3H3. The maximum absolute atomic E-state index is 13.3. The molecular weight excluding hydrogens is 357 g/mol. The van der Waals surface area contributed by atoms with Crippen LogP contribution in [0.4, 0.5) is 13.2 Å². The van der Waals surface area contributed by atoms with Gasteiger partial charge in [-0.2, -0.15) is 13.2 Å². The Kier molecular flexibility index (Phi) is 5.46. The van der Waals surface area contributed by atoms with Crippen LogP contribution in [0.2, 0.25) is 0 Å². The maximum atomic E-state index is 13.3. The summed E-state index contributed by atoms with van der Waals surface area (Å²) in [5, 5.41) is 3.14. The normalized spacial score (nSPS) is 18.5. The van der Waals surface area contributed by atoms with Crippen molar-refractivity contribution in [2.24, 2.45) is 5.92 Å². The van der Waals surface area contributed by atoms with Gasteiger partial charge in [-0.25, -0.2) is 4.98 Å². The zero-order chi connectivity index (χ0) is 19.8. The van der Waals surface area contributed by atoms with Crippen molar-refractivity contribution >= 4 is 16.9 Å². The molecule has 148 valence electrons. The van der Waals surface area contributed by atoms with E-state index in [2.05, 4.69) is 10.3 Å². The van der Waals surface area contributed by atoms with Crippen LogP contribution in [0.15, 0.2) is 18.2 Å². The fourth-order valence-electron chi connectivity index (χ4n) is 3.84. The van der Waals surface area contributed by atoms with Crippen molar-refractivity contribution in [1.29, 1.82) is 0 Å². The van der Waals surface area contributed by atoms with Gasteiger partial charge in [0.2, 0.25) is 5.82 Å². The zero-order valence-electron chi connectivity index (χ0n) is 15.8. The molecule has 3 rings (SSSR count). The van der Waals surface area contributed by atoms with E-state index in [1.165, 1.54) is 10.6 Å². The van der Waals surface area contributed by atoms with Crippen LogP contribution in [0.3, 0.4) is 0 Å². The highest BCUT2D eigenvalue weighted by Gasteiger charge is 2.38. The third-order valence-electron chi connectivity index (χ3n) is 5.01. The van der Waals surface area contributed by atoms with Gasteiger partial charge >= 0.3 is 6.18 Å². The summed E-state index contributed by atoms with van der Waals surface area (Å²) >= 11 is 0. The fourth-order valence-corrected chi connectivity index (χ4v) is 3.84. The molecule has 5 nitrogen and oxygen atoms in total. The molecule has 1 aliphatic rings. The molecule has 0 bridgehead atoms. The Labute approximate surface area is 156 Å². The number of hydrogen-bond donors (Lipinski definition) is 1. The van der Waals surface area contributed by atoms with E-state index < -0.39 is 18.0 Å². The molecule has 1 atom stereocenters. The van der Waals surface area contributed by atoms with Crippen LogP contribution in [-0.2, 0) is 6.18 Å². The summed E-state index contributed by atoms with van der Waals surface area (Å²) in [5.74, 6) is -0.678. The third-order valence-corrected chi connectivity index (χ3v) is 5.01. The summed E-state index contributed by atoms with van der Waals surface area (Å²) in [5.41, 5.74) is 0.973. The van der Waals surface area contributed by atoms with Crippen LogP contribution >= 0.6 is 0 Å².